The van der Waals surface area contributed by atoms with E-state index < -0.39 is 0 Å². The van der Waals surface area contributed by atoms with Crippen molar-refractivity contribution in [1.82, 2.24) is 14.5 Å². The Kier molecular flexibility index (Phi) is 3.17. The number of hydrogen-bond acceptors (Lipinski definition) is 3. The van der Waals surface area contributed by atoms with Gasteiger partial charge in [0.1, 0.15) is 17.1 Å². The number of nitrogen functional groups attached to an aromatic ring is 1. The first-order valence-corrected chi connectivity index (χ1v) is 6.20. The molecule has 80 valence electrons. The van der Waals surface area contributed by atoms with Gasteiger partial charge in [-0.15, -0.1) is 0 Å². The maximum absolute atomic E-state index is 5.85. The molecule has 2 rings (SSSR count). The molecule has 0 aliphatic rings. The number of fused-ring (bicyclic) bond motifs is 1. The number of aromatic nitrogens is 3. The Morgan fingerprint density at radius 1 is 1.40 bits per heavy atom. The van der Waals surface area contributed by atoms with Crippen molar-refractivity contribution in [3.63, 3.8) is 0 Å². The zero-order chi connectivity index (χ0) is 10.7. The van der Waals surface area contributed by atoms with E-state index in [-0.39, 0.29) is 0 Å². The van der Waals surface area contributed by atoms with Crippen LogP contribution in [-0.2, 0) is 6.54 Å². The SMILES string of the molecule is CCCCCn1cpc2ncnc(N)c21. The monoisotopic (exact) mass is 222 g/mol. The van der Waals surface area contributed by atoms with Gasteiger partial charge in [0.2, 0.25) is 0 Å². The molecule has 0 radical (unpaired) electrons. The van der Waals surface area contributed by atoms with Gasteiger partial charge in [-0.3, -0.25) is 0 Å². The molecule has 0 unspecified atom stereocenters. The van der Waals surface area contributed by atoms with Crippen LogP contribution in [-0.4, -0.2) is 14.5 Å². The molecule has 2 aromatic heterocycles. The van der Waals surface area contributed by atoms with Gasteiger partial charge in [0.25, 0.3) is 0 Å². The Bertz CT molecular complexity index is 452. The molecule has 2 heterocycles. The summed E-state index contributed by atoms with van der Waals surface area (Å²) in [5, 5.41) is 1.03. The van der Waals surface area contributed by atoms with E-state index in [2.05, 4.69) is 27.4 Å². The smallest absolute Gasteiger partial charge is 0.151 e. The van der Waals surface area contributed by atoms with E-state index in [0.717, 1.165) is 25.5 Å². The van der Waals surface area contributed by atoms with Gasteiger partial charge in [0.15, 0.2) is 5.82 Å². The molecule has 0 aromatic carbocycles. The average Bonchev–Trinajstić information content (AvgIpc) is 2.63. The van der Waals surface area contributed by atoms with Crippen LogP contribution in [0.2, 0.25) is 0 Å². The summed E-state index contributed by atoms with van der Waals surface area (Å²) in [6.07, 6.45) is 5.21. The minimum atomic E-state index is 0.595. The summed E-state index contributed by atoms with van der Waals surface area (Å²) in [6.45, 7) is 3.22. The molecule has 0 saturated heterocycles. The van der Waals surface area contributed by atoms with Crippen molar-refractivity contribution < 1.29 is 0 Å². The molecule has 0 fully saturated rings. The van der Waals surface area contributed by atoms with Crippen LogP contribution in [0.3, 0.4) is 0 Å². The lowest BCUT2D eigenvalue weighted by atomic mass is 10.2. The van der Waals surface area contributed by atoms with E-state index in [1.54, 1.807) is 0 Å². The number of nitrogens with zero attached hydrogens (tertiary/aromatic N) is 3. The summed E-state index contributed by atoms with van der Waals surface area (Å²) < 4.78 is 2.18. The Morgan fingerprint density at radius 2 is 2.27 bits per heavy atom. The van der Waals surface area contributed by atoms with Crippen molar-refractivity contribution in [3.8, 4) is 0 Å². The summed E-state index contributed by atoms with van der Waals surface area (Å²) in [4.78, 5) is 8.25. The summed E-state index contributed by atoms with van der Waals surface area (Å²) in [6, 6.07) is 0. The molecule has 15 heavy (non-hydrogen) atoms. The zero-order valence-corrected chi connectivity index (χ0v) is 9.74. The van der Waals surface area contributed by atoms with Crippen LogP contribution < -0.4 is 5.73 Å². The highest BCUT2D eigenvalue weighted by Gasteiger charge is 2.06. The van der Waals surface area contributed by atoms with Gasteiger partial charge in [0, 0.05) is 12.5 Å². The minimum Gasteiger partial charge on any atom is -0.382 e. The number of hydrogen-bond donors (Lipinski definition) is 1. The number of rotatable bonds is 4. The first-order chi connectivity index (χ1) is 7.33. The van der Waals surface area contributed by atoms with Crippen molar-refractivity contribution in [3.05, 3.63) is 12.3 Å². The zero-order valence-electron chi connectivity index (χ0n) is 8.85. The second kappa shape index (κ2) is 4.58. The largest absolute Gasteiger partial charge is 0.382 e. The maximum atomic E-state index is 5.85. The molecule has 2 N–H and O–H groups in total. The molecule has 0 atom stereocenters. The van der Waals surface area contributed by atoms with E-state index in [0.29, 0.717) is 5.82 Å². The molecule has 4 nitrogen and oxygen atoms in total. The highest BCUT2D eigenvalue weighted by Crippen LogP contribution is 2.26. The molecule has 0 saturated carbocycles. The van der Waals surface area contributed by atoms with Crippen LogP contribution in [0, 0.1) is 0 Å². The molecule has 0 amide bonds. The standard InChI is InChI=1S/C10H15N4P/c1-2-3-4-5-14-7-15-10-8(14)9(11)12-6-13-10/h6-7H,2-5H2,1H3,(H2,11,12,13). The third kappa shape index (κ3) is 2.10. The lowest BCUT2D eigenvalue weighted by Gasteiger charge is -2.04. The summed E-state index contributed by atoms with van der Waals surface area (Å²) >= 11 is 0. The Hall–Kier alpha value is -1.15. The maximum Gasteiger partial charge on any atom is 0.151 e. The lowest BCUT2D eigenvalue weighted by Crippen LogP contribution is -2.00. The van der Waals surface area contributed by atoms with E-state index in [9.17, 15) is 0 Å². The number of nitrogens with two attached hydrogens (primary N) is 1. The minimum absolute atomic E-state index is 0.595. The van der Waals surface area contributed by atoms with Crippen molar-refractivity contribution in [2.24, 2.45) is 0 Å². The van der Waals surface area contributed by atoms with Crippen molar-refractivity contribution >= 4 is 24.8 Å². The molecule has 5 heteroatoms. The molecule has 0 aliphatic heterocycles. The third-order valence-electron chi connectivity index (χ3n) is 2.44. The van der Waals surface area contributed by atoms with Crippen LogP contribution in [0.1, 0.15) is 26.2 Å². The Labute approximate surface area is 90.6 Å². The Morgan fingerprint density at radius 3 is 3.07 bits per heavy atom. The summed E-state index contributed by atoms with van der Waals surface area (Å²) in [7, 11) is 1.13. The van der Waals surface area contributed by atoms with Crippen molar-refractivity contribution in [1.29, 1.82) is 0 Å². The van der Waals surface area contributed by atoms with E-state index in [1.165, 1.54) is 25.6 Å². The van der Waals surface area contributed by atoms with E-state index in [4.69, 9.17) is 5.73 Å². The van der Waals surface area contributed by atoms with Crippen LogP contribution in [0.5, 0.6) is 0 Å². The number of anilines is 1. The number of unbranched alkanes of at least 4 members (excludes halogenated alkanes) is 2. The summed E-state index contributed by atoms with van der Waals surface area (Å²) in [5.74, 6) is 2.73. The molecule has 0 bridgehead atoms. The van der Waals surface area contributed by atoms with Gasteiger partial charge in [-0.1, -0.05) is 19.8 Å². The van der Waals surface area contributed by atoms with Crippen LogP contribution in [0.25, 0.3) is 10.8 Å². The predicted molar refractivity (Wildman–Crippen MR) is 64.0 cm³/mol. The van der Waals surface area contributed by atoms with Crippen LogP contribution in [0.4, 0.5) is 5.82 Å². The van der Waals surface area contributed by atoms with Crippen LogP contribution >= 0.6 is 8.19 Å². The highest BCUT2D eigenvalue weighted by molar-refractivity contribution is 7.35. The van der Waals surface area contributed by atoms with E-state index >= 15 is 0 Å². The molecule has 0 spiro atoms. The fourth-order valence-corrected chi connectivity index (χ4v) is 2.60. The van der Waals surface area contributed by atoms with E-state index in [1.807, 2.05) is 0 Å². The fourth-order valence-electron chi connectivity index (χ4n) is 1.64. The first-order valence-electron chi connectivity index (χ1n) is 5.24. The van der Waals surface area contributed by atoms with Gasteiger partial charge >= 0.3 is 0 Å². The molecule has 0 aliphatic carbocycles. The predicted octanol–water partition coefficient (Wildman–Crippen LogP) is 2.78. The first kappa shape index (κ1) is 10.4. The molecule has 2 aromatic rings. The second-order valence-corrected chi connectivity index (χ2v) is 4.49. The van der Waals surface area contributed by atoms with Gasteiger partial charge in [-0.05, 0) is 14.6 Å². The average molecular weight is 222 g/mol. The van der Waals surface area contributed by atoms with Gasteiger partial charge in [-0.25, -0.2) is 9.97 Å². The quantitative estimate of drug-likeness (QED) is 0.809. The van der Waals surface area contributed by atoms with Gasteiger partial charge in [-0.2, -0.15) is 0 Å². The van der Waals surface area contributed by atoms with Crippen molar-refractivity contribution in [2.45, 2.75) is 32.7 Å². The number of aryl methyl sites for hydroxylation is 1. The Balaban J connectivity index is 2.27. The fraction of sp³-hybridized carbons (Fsp3) is 0.500. The van der Waals surface area contributed by atoms with Gasteiger partial charge < -0.3 is 10.3 Å². The highest BCUT2D eigenvalue weighted by atomic mass is 31.0. The normalized spacial score (nSPS) is 11.5. The molecular weight excluding hydrogens is 207 g/mol. The van der Waals surface area contributed by atoms with Crippen molar-refractivity contribution in [2.75, 3.05) is 5.73 Å². The second-order valence-electron chi connectivity index (χ2n) is 3.58. The van der Waals surface area contributed by atoms with Gasteiger partial charge in [0.05, 0.1) is 0 Å². The topological polar surface area (TPSA) is 56.7 Å². The molecular formula is C10H15N4P. The van der Waals surface area contributed by atoms with Crippen LogP contribution in [0.15, 0.2) is 12.3 Å². The third-order valence-corrected chi connectivity index (χ3v) is 3.41. The summed E-state index contributed by atoms with van der Waals surface area (Å²) in [5.41, 5.74) is 6.86. The lowest BCUT2D eigenvalue weighted by molar-refractivity contribution is 0.618.